The normalized spacial score (nSPS) is 24.8. The molecule has 26 heavy (non-hydrogen) atoms. The number of rotatable bonds is 4. The maximum Gasteiger partial charge on any atom is 0.402 e. The first-order valence-electron chi connectivity index (χ1n) is 8.57. The number of aliphatic imine (C=N–C) groups is 1. The lowest BCUT2D eigenvalue weighted by molar-refractivity contribution is -0.677. The van der Waals surface area contributed by atoms with E-state index < -0.39 is 30.4 Å². The van der Waals surface area contributed by atoms with E-state index in [4.69, 9.17) is 10.5 Å². The van der Waals surface area contributed by atoms with E-state index in [0.717, 1.165) is 30.0 Å². The molecule has 0 aromatic carbocycles. The molecule has 2 saturated heterocycles. The van der Waals surface area contributed by atoms with Crippen molar-refractivity contribution < 1.29 is 23.7 Å². The van der Waals surface area contributed by atoms with Crippen LogP contribution in [0.25, 0.3) is 0 Å². The molecule has 0 bridgehead atoms. The summed E-state index contributed by atoms with van der Waals surface area (Å²) in [4.78, 5) is 43.3. The molecule has 1 aromatic rings. The molecule has 3 aliphatic heterocycles. The Bertz CT molecular complexity index is 838. The average molecular weight is 361 g/mol. The van der Waals surface area contributed by atoms with Crippen LogP contribution >= 0.6 is 0 Å². The van der Waals surface area contributed by atoms with Gasteiger partial charge in [0.15, 0.2) is 0 Å². The molecule has 0 radical (unpaired) electrons. The number of carbonyl (C=O) groups is 3. The van der Waals surface area contributed by atoms with Gasteiger partial charge in [0, 0.05) is 13.7 Å². The number of carbonyl (C=O) groups excluding carboxylic acids is 3. The Balaban J connectivity index is 1.72. The van der Waals surface area contributed by atoms with Gasteiger partial charge in [0.1, 0.15) is 18.4 Å². The van der Waals surface area contributed by atoms with Gasteiger partial charge in [0.2, 0.25) is 17.8 Å². The summed E-state index contributed by atoms with van der Waals surface area (Å²) in [6, 6.07) is -1.37. The van der Waals surface area contributed by atoms with E-state index in [2.05, 4.69) is 4.99 Å². The fourth-order valence-electron chi connectivity index (χ4n) is 3.75. The van der Waals surface area contributed by atoms with Crippen molar-refractivity contribution in [1.82, 2.24) is 14.4 Å². The van der Waals surface area contributed by atoms with Crippen molar-refractivity contribution in [2.24, 2.45) is 10.7 Å². The van der Waals surface area contributed by atoms with Crippen molar-refractivity contribution in [3.63, 3.8) is 0 Å². The number of likely N-dealkylation sites (N-methyl/N-ethyl adjacent to an activating group) is 1. The minimum atomic E-state index is -0.767. The zero-order valence-electron chi connectivity index (χ0n) is 14.7. The third-order valence-corrected chi connectivity index (χ3v) is 5.05. The van der Waals surface area contributed by atoms with E-state index in [1.807, 2.05) is 17.7 Å². The van der Waals surface area contributed by atoms with E-state index in [1.165, 1.54) is 11.9 Å². The molecule has 1 aromatic heterocycles. The fourth-order valence-corrected chi connectivity index (χ4v) is 3.75. The predicted molar refractivity (Wildman–Crippen MR) is 88.5 cm³/mol. The van der Waals surface area contributed by atoms with Crippen LogP contribution in [0.5, 0.6) is 0 Å². The van der Waals surface area contributed by atoms with Gasteiger partial charge in [-0.1, -0.05) is 4.99 Å². The number of nitrogens with two attached hydrogens (primary N) is 1. The molecular formula is C16H21N6O4+. The zero-order valence-corrected chi connectivity index (χ0v) is 14.7. The molecule has 4 rings (SSSR count). The van der Waals surface area contributed by atoms with E-state index in [1.54, 1.807) is 4.57 Å². The van der Waals surface area contributed by atoms with Gasteiger partial charge in [0.05, 0.1) is 12.6 Å². The Hall–Kier alpha value is -2.75. The van der Waals surface area contributed by atoms with Gasteiger partial charge in [-0.05, 0) is 19.8 Å². The van der Waals surface area contributed by atoms with Gasteiger partial charge in [-0.25, -0.2) is 13.9 Å². The lowest BCUT2D eigenvalue weighted by atomic mass is 10.1. The van der Waals surface area contributed by atoms with Gasteiger partial charge in [-0.2, -0.15) is 0 Å². The Labute approximate surface area is 149 Å². The van der Waals surface area contributed by atoms with Crippen LogP contribution in [0.15, 0.2) is 11.2 Å². The molecule has 0 saturated carbocycles. The standard InChI is InChI=1S/C16H20N6O4/c1-9-6-21-12-13(18-15(21)20(9)7-10-4-3-5-26-10)19(2)16(25)22(14(12)24)8-11(17)23/h6,10,12H,3-5,7-8H2,1-2H3,(H-,17,23)/p+1. The van der Waals surface area contributed by atoms with Crippen molar-refractivity contribution in [3.8, 4) is 0 Å². The van der Waals surface area contributed by atoms with Crippen LogP contribution < -0.4 is 10.3 Å². The first-order valence-corrected chi connectivity index (χ1v) is 8.57. The SMILES string of the molecule is Cc1c[n+]2c(n1CC1CCCO1)N=C1C2C(=O)N(CC(N)=O)C(=O)N1C. The fraction of sp³-hybridized carbons (Fsp3) is 0.562. The summed E-state index contributed by atoms with van der Waals surface area (Å²) in [5.74, 6) is -0.275. The maximum absolute atomic E-state index is 12.9. The summed E-state index contributed by atoms with van der Waals surface area (Å²) in [5.41, 5.74) is 6.14. The number of aromatic nitrogens is 2. The van der Waals surface area contributed by atoms with Crippen LogP contribution in [-0.2, 0) is 20.9 Å². The second-order valence-electron chi connectivity index (χ2n) is 6.83. The molecule has 2 N–H and O–H groups in total. The van der Waals surface area contributed by atoms with Crippen molar-refractivity contribution in [1.29, 1.82) is 0 Å². The predicted octanol–water partition coefficient (Wildman–Crippen LogP) is -0.773. The second kappa shape index (κ2) is 5.90. The van der Waals surface area contributed by atoms with Crippen LogP contribution in [-0.4, -0.2) is 64.4 Å². The highest BCUT2D eigenvalue weighted by Gasteiger charge is 2.53. The van der Waals surface area contributed by atoms with Gasteiger partial charge >= 0.3 is 12.0 Å². The number of imide groups is 1. The van der Waals surface area contributed by atoms with Gasteiger partial charge in [-0.15, -0.1) is 0 Å². The smallest absolute Gasteiger partial charge is 0.375 e. The van der Waals surface area contributed by atoms with Crippen LogP contribution in [0, 0.1) is 6.92 Å². The molecular weight excluding hydrogens is 340 g/mol. The molecule has 0 spiro atoms. The van der Waals surface area contributed by atoms with Crippen LogP contribution in [0.1, 0.15) is 24.6 Å². The topological polar surface area (TPSA) is 114 Å². The largest absolute Gasteiger partial charge is 0.402 e. The average Bonchev–Trinajstić information content (AvgIpc) is 3.28. The Morgan fingerprint density at radius 1 is 1.46 bits per heavy atom. The third-order valence-electron chi connectivity index (χ3n) is 5.05. The maximum atomic E-state index is 12.9. The molecule has 2 fully saturated rings. The number of amides is 4. The molecule has 3 aliphatic rings. The molecule has 138 valence electrons. The van der Waals surface area contributed by atoms with Gasteiger partial charge in [-0.3, -0.25) is 19.4 Å². The van der Waals surface area contributed by atoms with E-state index in [0.29, 0.717) is 18.3 Å². The van der Waals surface area contributed by atoms with E-state index in [-0.39, 0.29) is 6.10 Å². The number of hydrogen-bond acceptors (Lipinski definition) is 5. The number of imidazole rings is 1. The molecule has 0 aliphatic carbocycles. The molecule has 10 heteroatoms. The highest BCUT2D eigenvalue weighted by atomic mass is 16.5. The second-order valence-corrected chi connectivity index (χ2v) is 6.83. The Morgan fingerprint density at radius 3 is 2.88 bits per heavy atom. The van der Waals surface area contributed by atoms with Crippen LogP contribution in [0.4, 0.5) is 10.7 Å². The van der Waals surface area contributed by atoms with E-state index in [9.17, 15) is 14.4 Å². The number of ether oxygens (including phenoxy) is 1. The first-order chi connectivity index (χ1) is 12.4. The minimum Gasteiger partial charge on any atom is -0.375 e. The molecule has 4 heterocycles. The summed E-state index contributed by atoms with van der Waals surface area (Å²) >= 11 is 0. The highest BCUT2D eigenvalue weighted by Crippen LogP contribution is 2.30. The Morgan fingerprint density at radius 2 is 2.23 bits per heavy atom. The lowest BCUT2D eigenvalue weighted by Gasteiger charge is -2.32. The minimum absolute atomic E-state index is 0.120. The molecule has 4 amide bonds. The lowest BCUT2D eigenvalue weighted by Crippen LogP contribution is -2.63. The number of fused-ring (bicyclic) bond motifs is 3. The number of hydrogen-bond donors (Lipinski definition) is 1. The number of urea groups is 1. The van der Waals surface area contributed by atoms with Crippen molar-refractivity contribution in [2.75, 3.05) is 20.2 Å². The number of amidine groups is 1. The Kier molecular flexibility index (Phi) is 3.79. The van der Waals surface area contributed by atoms with Crippen molar-refractivity contribution >= 4 is 29.6 Å². The number of primary amides is 1. The number of nitrogens with zero attached hydrogens (tertiary/aromatic N) is 5. The summed E-state index contributed by atoms with van der Waals surface area (Å²) in [5, 5.41) is 0. The third kappa shape index (κ3) is 2.40. The van der Waals surface area contributed by atoms with Gasteiger partial charge < -0.3 is 10.5 Å². The monoisotopic (exact) mass is 361 g/mol. The van der Waals surface area contributed by atoms with Crippen LogP contribution in [0.2, 0.25) is 0 Å². The van der Waals surface area contributed by atoms with Gasteiger partial charge in [0.25, 0.3) is 5.91 Å². The first kappa shape index (κ1) is 16.7. The molecule has 2 atom stereocenters. The summed E-state index contributed by atoms with van der Waals surface area (Å²) < 4.78 is 9.46. The van der Waals surface area contributed by atoms with E-state index >= 15 is 0 Å². The van der Waals surface area contributed by atoms with Crippen molar-refractivity contribution in [2.45, 2.75) is 38.5 Å². The van der Waals surface area contributed by atoms with Crippen molar-refractivity contribution in [3.05, 3.63) is 11.9 Å². The summed E-state index contributed by atoms with van der Waals surface area (Å²) in [6.45, 7) is 2.90. The van der Waals surface area contributed by atoms with Crippen LogP contribution in [0.3, 0.4) is 0 Å². The molecule has 2 unspecified atom stereocenters. The summed E-state index contributed by atoms with van der Waals surface area (Å²) in [6.07, 6.45) is 3.99. The quantitative estimate of drug-likeness (QED) is 0.709. The number of aryl methyl sites for hydroxylation is 1. The molecule has 10 nitrogen and oxygen atoms in total. The zero-order chi connectivity index (χ0) is 18.6. The summed E-state index contributed by atoms with van der Waals surface area (Å²) in [7, 11) is 1.54. The highest BCUT2D eigenvalue weighted by molar-refractivity contribution is 6.19.